The second-order valence-corrected chi connectivity index (χ2v) is 3.18. The number of carboxylic acid groups (broad SMARTS) is 1. The second kappa shape index (κ2) is 5.34. The highest BCUT2D eigenvalue weighted by atomic mass is 19.3. The Morgan fingerprint density at radius 1 is 1.67 bits per heavy atom. The van der Waals surface area contributed by atoms with Gasteiger partial charge in [0, 0.05) is 6.20 Å². The number of halogens is 2. The number of ether oxygens (including phenoxy) is 1. The number of nitro groups is 1. The minimum Gasteiger partial charge on any atom is -0.481 e. The number of carbonyl (C=O) groups is 1. The molecule has 0 atom stereocenters. The van der Waals surface area contributed by atoms with Gasteiger partial charge in [-0.1, -0.05) is 0 Å². The van der Waals surface area contributed by atoms with Crippen LogP contribution in [0.3, 0.4) is 0 Å². The number of nitrogens with zero attached hydrogens (tertiary/aromatic N) is 2. The van der Waals surface area contributed by atoms with Crippen LogP contribution >= 0.6 is 0 Å². The molecule has 0 aliphatic rings. The van der Waals surface area contributed by atoms with Gasteiger partial charge in [0.25, 0.3) is 12.1 Å². The molecule has 0 aromatic carbocycles. The SMILES string of the molecule is COc1ncc(C(F)F)c([N+](=O)[O-])c1CC(=O)O. The van der Waals surface area contributed by atoms with Crippen LogP contribution in [-0.4, -0.2) is 28.1 Å². The van der Waals surface area contributed by atoms with Crippen LogP contribution in [0.4, 0.5) is 14.5 Å². The third kappa shape index (κ3) is 2.67. The number of aliphatic carboxylic acids is 1. The summed E-state index contributed by atoms with van der Waals surface area (Å²) in [5.74, 6) is -1.77. The normalized spacial score (nSPS) is 10.4. The van der Waals surface area contributed by atoms with Crippen molar-refractivity contribution in [3.05, 3.63) is 27.4 Å². The van der Waals surface area contributed by atoms with E-state index >= 15 is 0 Å². The quantitative estimate of drug-likeness (QED) is 0.638. The predicted molar refractivity (Wildman–Crippen MR) is 53.7 cm³/mol. The molecule has 18 heavy (non-hydrogen) atoms. The van der Waals surface area contributed by atoms with E-state index in [1.165, 1.54) is 0 Å². The van der Waals surface area contributed by atoms with Gasteiger partial charge in [0.05, 0.1) is 18.5 Å². The van der Waals surface area contributed by atoms with Crippen LogP contribution in [-0.2, 0) is 11.2 Å². The molecule has 1 heterocycles. The van der Waals surface area contributed by atoms with Crippen molar-refractivity contribution in [1.82, 2.24) is 4.98 Å². The van der Waals surface area contributed by atoms with Gasteiger partial charge in [-0.15, -0.1) is 0 Å². The number of methoxy groups -OCH3 is 1. The molecule has 0 radical (unpaired) electrons. The van der Waals surface area contributed by atoms with E-state index in [2.05, 4.69) is 9.72 Å². The van der Waals surface area contributed by atoms with E-state index in [0.717, 1.165) is 7.11 Å². The number of hydrogen-bond acceptors (Lipinski definition) is 5. The van der Waals surface area contributed by atoms with Gasteiger partial charge in [-0.05, 0) is 0 Å². The van der Waals surface area contributed by atoms with Crippen LogP contribution in [0, 0.1) is 10.1 Å². The van der Waals surface area contributed by atoms with Crippen LogP contribution < -0.4 is 4.74 Å². The summed E-state index contributed by atoms with van der Waals surface area (Å²) in [6.07, 6.45) is -3.35. The Labute approximate surface area is 99.2 Å². The van der Waals surface area contributed by atoms with Gasteiger partial charge in [-0.25, -0.2) is 13.8 Å². The first-order valence-electron chi connectivity index (χ1n) is 4.58. The fourth-order valence-corrected chi connectivity index (χ4v) is 1.40. The Kier molecular flexibility index (Phi) is 4.08. The number of carboxylic acids is 1. The Morgan fingerprint density at radius 3 is 2.67 bits per heavy atom. The van der Waals surface area contributed by atoms with Gasteiger partial charge in [0.1, 0.15) is 11.1 Å². The third-order valence-electron chi connectivity index (χ3n) is 2.08. The number of hydrogen-bond donors (Lipinski definition) is 1. The van der Waals surface area contributed by atoms with Gasteiger partial charge in [0.15, 0.2) is 0 Å². The Bertz CT molecular complexity index is 492. The fraction of sp³-hybridized carbons (Fsp3) is 0.333. The maximum absolute atomic E-state index is 12.6. The highest BCUT2D eigenvalue weighted by molar-refractivity contribution is 5.74. The molecule has 0 unspecified atom stereocenters. The van der Waals surface area contributed by atoms with Crippen molar-refractivity contribution in [1.29, 1.82) is 0 Å². The van der Waals surface area contributed by atoms with Crippen LogP contribution in [0.25, 0.3) is 0 Å². The van der Waals surface area contributed by atoms with Crippen molar-refractivity contribution in [2.75, 3.05) is 7.11 Å². The van der Waals surface area contributed by atoms with Crippen molar-refractivity contribution in [2.24, 2.45) is 0 Å². The smallest absolute Gasteiger partial charge is 0.308 e. The largest absolute Gasteiger partial charge is 0.481 e. The van der Waals surface area contributed by atoms with E-state index in [9.17, 15) is 23.7 Å². The third-order valence-corrected chi connectivity index (χ3v) is 2.08. The number of pyridine rings is 1. The first-order valence-corrected chi connectivity index (χ1v) is 4.58. The van der Waals surface area contributed by atoms with Gasteiger partial charge in [-0.2, -0.15) is 0 Å². The average Bonchev–Trinajstić information content (AvgIpc) is 2.26. The van der Waals surface area contributed by atoms with E-state index in [0.29, 0.717) is 6.20 Å². The summed E-state index contributed by atoms with van der Waals surface area (Å²) in [4.78, 5) is 23.8. The molecule has 0 fully saturated rings. The zero-order valence-corrected chi connectivity index (χ0v) is 9.09. The zero-order valence-electron chi connectivity index (χ0n) is 9.09. The molecule has 1 rings (SSSR count). The molecular formula is C9H8F2N2O5. The minimum atomic E-state index is -3.13. The minimum absolute atomic E-state index is 0.353. The molecule has 0 amide bonds. The van der Waals surface area contributed by atoms with E-state index < -0.39 is 40.6 Å². The van der Waals surface area contributed by atoms with Crippen molar-refractivity contribution in [3.8, 4) is 5.88 Å². The van der Waals surface area contributed by atoms with E-state index in [1.807, 2.05) is 0 Å². The summed E-state index contributed by atoms with van der Waals surface area (Å²) in [7, 11) is 1.11. The lowest BCUT2D eigenvalue weighted by molar-refractivity contribution is -0.387. The van der Waals surface area contributed by atoms with Gasteiger partial charge < -0.3 is 9.84 Å². The second-order valence-electron chi connectivity index (χ2n) is 3.18. The van der Waals surface area contributed by atoms with E-state index in [1.54, 1.807) is 0 Å². The van der Waals surface area contributed by atoms with Crippen molar-refractivity contribution in [3.63, 3.8) is 0 Å². The molecule has 1 aromatic rings. The molecule has 0 saturated carbocycles. The molecule has 0 aliphatic carbocycles. The first-order chi connectivity index (χ1) is 8.38. The van der Waals surface area contributed by atoms with Crippen LogP contribution in [0.2, 0.25) is 0 Å². The van der Waals surface area contributed by atoms with Crippen LogP contribution in [0.15, 0.2) is 6.20 Å². The lowest BCUT2D eigenvalue weighted by atomic mass is 10.1. The molecule has 98 valence electrons. The summed E-state index contributed by atoms with van der Waals surface area (Å²) in [5.41, 5.74) is -2.39. The lowest BCUT2D eigenvalue weighted by Gasteiger charge is -2.09. The number of alkyl halides is 2. The monoisotopic (exact) mass is 262 g/mol. The molecule has 0 aliphatic heterocycles. The number of rotatable bonds is 5. The van der Waals surface area contributed by atoms with Crippen LogP contribution in [0.1, 0.15) is 17.6 Å². The molecule has 1 N–H and O–H groups in total. The van der Waals surface area contributed by atoms with Gasteiger partial charge >= 0.3 is 5.97 Å². The molecule has 7 nitrogen and oxygen atoms in total. The highest BCUT2D eigenvalue weighted by Gasteiger charge is 2.30. The van der Waals surface area contributed by atoms with Crippen LogP contribution in [0.5, 0.6) is 5.88 Å². The maximum atomic E-state index is 12.6. The molecule has 0 bridgehead atoms. The Hall–Kier alpha value is -2.32. The highest BCUT2D eigenvalue weighted by Crippen LogP contribution is 2.35. The maximum Gasteiger partial charge on any atom is 0.308 e. The molecule has 9 heteroatoms. The first kappa shape index (κ1) is 13.7. The Balaban J connectivity index is 3.53. The molecule has 0 saturated heterocycles. The predicted octanol–water partition coefficient (Wildman–Crippen LogP) is 1.56. The standard InChI is InChI=1S/C9H8F2N2O5/c1-18-9-4(2-6(14)15)7(13(16)17)5(3-12-9)8(10)11/h3,8H,2H2,1H3,(H,14,15). The topological polar surface area (TPSA) is 103 Å². The van der Waals surface area contributed by atoms with Crippen molar-refractivity contribution < 1.29 is 28.3 Å². The summed E-state index contributed by atoms with van der Waals surface area (Å²) in [6.45, 7) is 0. The van der Waals surface area contributed by atoms with Crippen molar-refractivity contribution in [2.45, 2.75) is 12.8 Å². The molecule has 0 spiro atoms. The van der Waals surface area contributed by atoms with E-state index in [-0.39, 0.29) is 5.88 Å². The number of aromatic nitrogens is 1. The van der Waals surface area contributed by atoms with Gasteiger partial charge in [-0.3, -0.25) is 14.9 Å². The lowest BCUT2D eigenvalue weighted by Crippen LogP contribution is -2.09. The molecule has 1 aromatic heterocycles. The fourth-order valence-electron chi connectivity index (χ4n) is 1.40. The summed E-state index contributed by atoms with van der Waals surface area (Å²) < 4.78 is 29.9. The average molecular weight is 262 g/mol. The molecular weight excluding hydrogens is 254 g/mol. The van der Waals surface area contributed by atoms with Crippen molar-refractivity contribution >= 4 is 11.7 Å². The summed E-state index contributed by atoms with van der Waals surface area (Å²) in [6, 6.07) is 0. The summed E-state index contributed by atoms with van der Waals surface area (Å²) >= 11 is 0. The van der Waals surface area contributed by atoms with E-state index in [4.69, 9.17) is 5.11 Å². The summed E-state index contributed by atoms with van der Waals surface area (Å²) in [5, 5.41) is 19.4. The Morgan fingerprint density at radius 2 is 2.28 bits per heavy atom. The zero-order chi connectivity index (χ0) is 13.9. The van der Waals surface area contributed by atoms with Gasteiger partial charge in [0.2, 0.25) is 5.88 Å².